The molecule has 0 radical (unpaired) electrons. The predicted octanol–water partition coefficient (Wildman–Crippen LogP) is 2.93. The molecule has 0 saturated carbocycles. The van der Waals surface area contributed by atoms with Crippen LogP contribution >= 0.6 is 23.4 Å². The van der Waals surface area contributed by atoms with Gasteiger partial charge in [0.05, 0.1) is 5.75 Å². The van der Waals surface area contributed by atoms with E-state index in [9.17, 15) is 4.79 Å². The van der Waals surface area contributed by atoms with Crippen molar-refractivity contribution in [2.45, 2.75) is 5.75 Å². The van der Waals surface area contributed by atoms with Gasteiger partial charge in [0.2, 0.25) is 11.9 Å². The van der Waals surface area contributed by atoms with Crippen LogP contribution in [-0.4, -0.2) is 21.6 Å². The summed E-state index contributed by atoms with van der Waals surface area (Å²) in [4.78, 5) is 18.3. The number of carbonyl (C=O) groups excluding carboxylic acids is 1. The van der Waals surface area contributed by atoms with Gasteiger partial charge in [-0.3, -0.25) is 10.1 Å². The summed E-state index contributed by atoms with van der Waals surface area (Å²) in [5.74, 6) is 1.59. The Bertz CT molecular complexity index is 499. The summed E-state index contributed by atoms with van der Waals surface area (Å²) >= 11 is 7.34. The van der Waals surface area contributed by atoms with Crippen molar-refractivity contribution in [2.75, 3.05) is 11.1 Å². The van der Waals surface area contributed by atoms with Crippen LogP contribution < -0.4 is 5.32 Å². The third-order valence-electron chi connectivity index (χ3n) is 2.17. The van der Waals surface area contributed by atoms with Gasteiger partial charge in [-0.25, -0.2) is 4.98 Å². The molecule has 2 rings (SSSR count). The lowest BCUT2D eigenvalue weighted by Crippen LogP contribution is -2.15. The van der Waals surface area contributed by atoms with Crippen molar-refractivity contribution in [2.24, 2.45) is 0 Å². The molecule has 0 aliphatic rings. The molecule has 0 aliphatic heterocycles. The van der Waals surface area contributed by atoms with E-state index in [-0.39, 0.29) is 5.91 Å². The molecule has 2 aromatic rings. The van der Waals surface area contributed by atoms with Crippen LogP contribution in [0, 0.1) is 0 Å². The number of nitrogens with zero attached hydrogens (tertiary/aromatic N) is 1. The molecule has 0 saturated heterocycles. The molecule has 1 aromatic heterocycles. The van der Waals surface area contributed by atoms with E-state index in [1.807, 2.05) is 24.3 Å². The van der Waals surface area contributed by atoms with Crippen molar-refractivity contribution in [3.8, 4) is 0 Å². The molecule has 18 heavy (non-hydrogen) atoms. The Hall–Kier alpha value is -1.46. The largest absolute Gasteiger partial charge is 0.331 e. The van der Waals surface area contributed by atoms with Crippen LogP contribution in [0.1, 0.15) is 5.56 Å². The zero-order chi connectivity index (χ0) is 12.8. The fourth-order valence-corrected chi connectivity index (χ4v) is 2.26. The molecule has 1 amide bonds. The van der Waals surface area contributed by atoms with Crippen LogP contribution in [0.3, 0.4) is 0 Å². The third-order valence-corrected chi connectivity index (χ3v) is 3.43. The zero-order valence-electron chi connectivity index (χ0n) is 9.52. The summed E-state index contributed by atoms with van der Waals surface area (Å²) in [6.45, 7) is 0. The lowest BCUT2D eigenvalue weighted by atomic mass is 10.2. The van der Waals surface area contributed by atoms with E-state index in [1.54, 1.807) is 24.2 Å². The van der Waals surface area contributed by atoms with Crippen LogP contribution in [-0.2, 0) is 10.5 Å². The van der Waals surface area contributed by atoms with Gasteiger partial charge in [0.1, 0.15) is 0 Å². The smallest absolute Gasteiger partial charge is 0.236 e. The van der Waals surface area contributed by atoms with Gasteiger partial charge in [-0.15, -0.1) is 11.8 Å². The van der Waals surface area contributed by atoms with Crippen molar-refractivity contribution >= 4 is 35.2 Å². The molecule has 1 heterocycles. The molecular formula is C12H12ClN3OS. The normalized spacial score (nSPS) is 10.3. The third kappa shape index (κ3) is 4.09. The molecule has 4 nitrogen and oxygen atoms in total. The maximum Gasteiger partial charge on any atom is 0.236 e. The maximum absolute atomic E-state index is 11.5. The number of halogens is 1. The number of aromatic nitrogens is 2. The van der Waals surface area contributed by atoms with Gasteiger partial charge in [-0.1, -0.05) is 23.7 Å². The number of amides is 1. The Morgan fingerprint density at radius 2 is 2.17 bits per heavy atom. The minimum Gasteiger partial charge on any atom is -0.331 e. The highest BCUT2D eigenvalue weighted by Gasteiger charge is 2.04. The molecule has 0 aliphatic carbocycles. The summed E-state index contributed by atoms with van der Waals surface area (Å²) in [5.41, 5.74) is 1.15. The molecule has 0 spiro atoms. The molecule has 1 aromatic carbocycles. The van der Waals surface area contributed by atoms with Crippen molar-refractivity contribution in [1.29, 1.82) is 0 Å². The number of carbonyl (C=O) groups is 1. The lowest BCUT2D eigenvalue weighted by Gasteiger charge is -2.02. The standard InChI is InChI=1S/C12H12ClN3OS/c13-10-3-1-9(2-4-10)7-18-8-11(17)16-12-14-5-6-15-12/h1-6H,7-8H2,(H2,14,15,16,17). The molecule has 0 fully saturated rings. The second-order valence-electron chi connectivity index (χ2n) is 3.61. The van der Waals surface area contributed by atoms with Gasteiger partial charge < -0.3 is 4.98 Å². The fourth-order valence-electron chi connectivity index (χ4n) is 1.34. The van der Waals surface area contributed by atoms with Crippen LogP contribution in [0.25, 0.3) is 0 Å². The second kappa shape index (κ2) is 6.47. The molecule has 0 unspecified atom stereocenters. The molecule has 2 N–H and O–H groups in total. The minimum absolute atomic E-state index is 0.0658. The average Bonchev–Trinajstić information content (AvgIpc) is 2.84. The summed E-state index contributed by atoms with van der Waals surface area (Å²) in [7, 11) is 0. The summed E-state index contributed by atoms with van der Waals surface area (Å²) in [5, 5.41) is 3.39. The van der Waals surface area contributed by atoms with E-state index in [0.29, 0.717) is 11.7 Å². The van der Waals surface area contributed by atoms with E-state index in [1.165, 1.54) is 0 Å². The quantitative estimate of drug-likeness (QED) is 0.886. The number of thioether (sulfide) groups is 1. The van der Waals surface area contributed by atoms with E-state index >= 15 is 0 Å². The number of benzene rings is 1. The van der Waals surface area contributed by atoms with Crippen LogP contribution in [0.2, 0.25) is 5.02 Å². The van der Waals surface area contributed by atoms with Gasteiger partial charge >= 0.3 is 0 Å². The molecule has 0 atom stereocenters. The van der Waals surface area contributed by atoms with Gasteiger partial charge in [-0.2, -0.15) is 0 Å². The fraction of sp³-hybridized carbons (Fsp3) is 0.167. The van der Waals surface area contributed by atoms with Crippen molar-refractivity contribution in [1.82, 2.24) is 9.97 Å². The summed E-state index contributed by atoms with van der Waals surface area (Å²) in [6.07, 6.45) is 3.26. The Labute approximate surface area is 114 Å². The molecule has 94 valence electrons. The van der Waals surface area contributed by atoms with Crippen LogP contribution in [0.4, 0.5) is 5.95 Å². The molecular weight excluding hydrogens is 270 g/mol. The van der Waals surface area contributed by atoms with Crippen molar-refractivity contribution < 1.29 is 4.79 Å². The summed E-state index contributed by atoms with van der Waals surface area (Å²) in [6, 6.07) is 7.61. The zero-order valence-corrected chi connectivity index (χ0v) is 11.1. The number of anilines is 1. The van der Waals surface area contributed by atoms with Crippen molar-refractivity contribution in [3.05, 3.63) is 47.2 Å². The topological polar surface area (TPSA) is 57.8 Å². The monoisotopic (exact) mass is 281 g/mol. The SMILES string of the molecule is O=C(CSCc1ccc(Cl)cc1)Nc1ncc[nH]1. The number of H-pyrrole nitrogens is 1. The first kappa shape index (κ1) is 13.0. The maximum atomic E-state index is 11.5. The predicted molar refractivity (Wildman–Crippen MR) is 74.8 cm³/mol. The first-order chi connectivity index (χ1) is 8.74. The Morgan fingerprint density at radius 3 is 2.83 bits per heavy atom. The summed E-state index contributed by atoms with van der Waals surface area (Å²) < 4.78 is 0. The van der Waals surface area contributed by atoms with E-state index < -0.39 is 0 Å². The van der Waals surface area contributed by atoms with Crippen molar-refractivity contribution in [3.63, 3.8) is 0 Å². The Balaban J connectivity index is 1.72. The Morgan fingerprint density at radius 1 is 1.39 bits per heavy atom. The highest BCUT2D eigenvalue weighted by Crippen LogP contribution is 2.15. The first-order valence-corrected chi connectivity index (χ1v) is 6.89. The van der Waals surface area contributed by atoms with E-state index in [2.05, 4.69) is 15.3 Å². The number of hydrogen-bond donors (Lipinski definition) is 2. The number of hydrogen-bond acceptors (Lipinski definition) is 3. The van der Waals surface area contributed by atoms with Gasteiger partial charge in [0, 0.05) is 23.2 Å². The molecule has 0 bridgehead atoms. The second-order valence-corrected chi connectivity index (χ2v) is 5.03. The number of imidazole rings is 1. The lowest BCUT2D eigenvalue weighted by molar-refractivity contribution is -0.113. The Kier molecular flexibility index (Phi) is 4.66. The number of rotatable bonds is 5. The average molecular weight is 282 g/mol. The molecule has 6 heteroatoms. The van der Waals surface area contributed by atoms with Gasteiger partial charge in [-0.05, 0) is 17.7 Å². The van der Waals surface area contributed by atoms with E-state index in [4.69, 9.17) is 11.6 Å². The minimum atomic E-state index is -0.0658. The first-order valence-electron chi connectivity index (χ1n) is 5.35. The number of aromatic amines is 1. The van der Waals surface area contributed by atoms with Crippen LogP contribution in [0.15, 0.2) is 36.7 Å². The van der Waals surface area contributed by atoms with Gasteiger partial charge in [0.25, 0.3) is 0 Å². The highest BCUT2D eigenvalue weighted by atomic mass is 35.5. The van der Waals surface area contributed by atoms with Crippen LogP contribution in [0.5, 0.6) is 0 Å². The highest BCUT2D eigenvalue weighted by molar-refractivity contribution is 7.99. The number of nitrogens with one attached hydrogen (secondary N) is 2. The van der Waals surface area contributed by atoms with E-state index in [0.717, 1.165) is 16.3 Å². The van der Waals surface area contributed by atoms with Gasteiger partial charge in [0.15, 0.2) is 0 Å².